The van der Waals surface area contributed by atoms with Gasteiger partial charge in [0.15, 0.2) is 0 Å². The van der Waals surface area contributed by atoms with E-state index >= 15 is 0 Å². The summed E-state index contributed by atoms with van der Waals surface area (Å²) in [6.45, 7) is 3.75. The molecular formula is C22H25N3O4S. The lowest BCUT2D eigenvalue weighted by Crippen LogP contribution is -2.35. The van der Waals surface area contributed by atoms with Crippen LogP contribution >= 0.6 is 0 Å². The van der Waals surface area contributed by atoms with Crippen LogP contribution < -0.4 is 4.74 Å². The fourth-order valence-corrected chi connectivity index (χ4v) is 5.04. The second kappa shape index (κ2) is 8.97. The molecule has 0 atom stereocenters. The molecule has 1 aliphatic rings. The van der Waals surface area contributed by atoms with Crippen molar-refractivity contribution in [2.75, 3.05) is 19.7 Å². The predicted octanol–water partition coefficient (Wildman–Crippen LogP) is 3.90. The van der Waals surface area contributed by atoms with E-state index in [1.54, 1.807) is 28.6 Å². The molecule has 1 fully saturated rings. The van der Waals surface area contributed by atoms with Crippen LogP contribution in [-0.2, 0) is 16.4 Å². The Balaban J connectivity index is 1.44. The van der Waals surface area contributed by atoms with E-state index < -0.39 is 10.0 Å². The van der Waals surface area contributed by atoms with Crippen LogP contribution in [0.4, 0.5) is 0 Å². The Morgan fingerprint density at radius 2 is 1.70 bits per heavy atom. The first-order chi connectivity index (χ1) is 14.6. The summed E-state index contributed by atoms with van der Waals surface area (Å²) in [7, 11) is -3.42. The molecule has 158 valence electrons. The van der Waals surface area contributed by atoms with Crippen molar-refractivity contribution in [3.63, 3.8) is 0 Å². The molecule has 0 saturated carbocycles. The first-order valence-corrected chi connectivity index (χ1v) is 11.6. The zero-order valence-electron chi connectivity index (χ0n) is 17.0. The van der Waals surface area contributed by atoms with Gasteiger partial charge >= 0.3 is 0 Å². The average Bonchev–Trinajstić information content (AvgIpc) is 3.24. The van der Waals surface area contributed by atoms with Crippen LogP contribution in [0.3, 0.4) is 0 Å². The Labute approximate surface area is 176 Å². The first kappa shape index (κ1) is 20.6. The van der Waals surface area contributed by atoms with E-state index in [2.05, 4.69) is 10.1 Å². The lowest BCUT2D eigenvalue weighted by molar-refractivity contribution is 0.340. The van der Waals surface area contributed by atoms with Gasteiger partial charge in [0, 0.05) is 18.7 Å². The topological polar surface area (TPSA) is 85.5 Å². The number of aromatic nitrogens is 2. The Bertz CT molecular complexity index is 1070. The fourth-order valence-electron chi connectivity index (χ4n) is 3.52. The van der Waals surface area contributed by atoms with Crippen LogP contribution in [0.2, 0.25) is 0 Å². The van der Waals surface area contributed by atoms with Crippen molar-refractivity contribution in [2.45, 2.75) is 37.5 Å². The molecule has 1 aromatic heterocycles. The third-order valence-electron chi connectivity index (χ3n) is 5.12. The number of sulfonamides is 1. The summed E-state index contributed by atoms with van der Waals surface area (Å²) < 4.78 is 37.9. The molecule has 2 aromatic carbocycles. The van der Waals surface area contributed by atoms with Gasteiger partial charge in [0.05, 0.1) is 17.9 Å². The quantitative estimate of drug-likeness (QED) is 0.568. The van der Waals surface area contributed by atoms with Crippen LogP contribution in [-0.4, -0.2) is 42.6 Å². The molecule has 8 heteroatoms. The van der Waals surface area contributed by atoms with Gasteiger partial charge in [-0.3, -0.25) is 0 Å². The highest BCUT2D eigenvalue weighted by atomic mass is 32.2. The van der Waals surface area contributed by atoms with E-state index in [0.29, 0.717) is 42.7 Å². The molecule has 3 aromatic rings. The summed E-state index contributed by atoms with van der Waals surface area (Å²) in [5.41, 5.74) is 1.76. The molecule has 4 rings (SSSR count). The molecule has 1 saturated heterocycles. The molecule has 0 aliphatic carbocycles. The molecule has 0 radical (unpaired) electrons. The second-order valence-electron chi connectivity index (χ2n) is 7.25. The summed E-state index contributed by atoms with van der Waals surface area (Å²) in [6.07, 6.45) is 3.37. The van der Waals surface area contributed by atoms with Crippen molar-refractivity contribution in [1.29, 1.82) is 0 Å². The van der Waals surface area contributed by atoms with Gasteiger partial charge in [-0.15, -0.1) is 0 Å². The van der Waals surface area contributed by atoms with Crippen molar-refractivity contribution in [2.24, 2.45) is 0 Å². The largest absolute Gasteiger partial charge is 0.494 e. The molecule has 7 nitrogen and oxygen atoms in total. The third-order valence-corrected chi connectivity index (χ3v) is 7.04. The van der Waals surface area contributed by atoms with E-state index in [4.69, 9.17) is 9.26 Å². The number of benzene rings is 2. The number of piperidine rings is 1. The van der Waals surface area contributed by atoms with Gasteiger partial charge < -0.3 is 9.26 Å². The van der Waals surface area contributed by atoms with Gasteiger partial charge in [-0.25, -0.2) is 8.42 Å². The molecule has 30 heavy (non-hydrogen) atoms. The highest BCUT2D eigenvalue weighted by Gasteiger charge is 2.25. The molecule has 1 aliphatic heterocycles. The predicted molar refractivity (Wildman–Crippen MR) is 113 cm³/mol. The van der Waals surface area contributed by atoms with Gasteiger partial charge in [-0.1, -0.05) is 23.7 Å². The normalized spacial score (nSPS) is 15.2. The minimum Gasteiger partial charge on any atom is -0.494 e. The smallest absolute Gasteiger partial charge is 0.243 e. The number of hydrogen-bond acceptors (Lipinski definition) is 6. The number of rotatable bonds is 7. The average molecular weight is 428 g/mol. The van der Waals surface area contributed by atoms with Crippen LogP contribution in [0.25, 0.3) is 11.4 Å². The van der Waals surface area contributed by atoms with Crippen molar-refractivity contribution in [3.05, 3.63) is 60.0 Å². The molecular weight excluding hydrogens is 402 g/mol. The van der Waals surface area contributed by atoms with Crippen LogP contribution in [0, 0.1) is 0 Å². The summed E-state index contributed by atoms with van der Waals surface area (Å²) in [6, 6.07) is 14.4. The maximum absolute atomic E-state index is 12.8. The monoisotopic (exact) mass is 427 g/mol. The highest BCUT2D eigenvalue weighted by Crippen LogP contribution is 2.23. The zero-order valence-corrected chi connectivity index (χ0v) is 17.8. The van der Waals surface area contributed by atoms with Crippen LogP contribution in [0.1, 0.15) is 37.6 Å². The highest BCUT2D eigenvalue weighted by molar-refractivity contribution is 7.89. The molecule has 0 spiro atoms. The van der Waals surface area contributed by atoms with Gasteiger partial charge in [-0.05, 0) is 61.7 Å². The Morgan fingerprint density at radius 1 is 1.00 bits per heavy atom. The lowest BCUT2D eigenvalue weighted by atomic mass is 10.1. The summed E-state index contributed by atoms with van der Waals surface area (Å²) in [5, 5.41) is 4.05. The number of hydrogen-bond donors (Lipinski definition) is 0. The maximum Gasteiger partial charge on any atom is 0.243 e. The fraction of sp³-hybridized carbons (Fsp3) is 0.364. The lowest BCUT2D eigenvalue weighted by Gasteiger charge is -2.25. The van der Waals surface area contributed by atoms with Gasteiger partial charge in [0.25, 0.3) is 0 Å². The van der Waals surface area contributed by atoms with Gasteiger partial charge in [0.1, 0.15) is 5.75 Å². The third kappa shape index (κ3) is 4.55. The Morgan fingerprint density at radius 3 is 2.37 bits per heavy atom. The summed E-state index contributed by atoms with van der Waals surface area (Å²) in [4.78, 5) is 4.78. The van der Waals surface area contributed by atoms with E-state index in [9.17, 15) is 8.42 Å². The number of ether oxygens (including phenoxy) is 1. The number of nitrogens with zero attached hydrogens (tertiary/aromatic N) is 3. The Kier molecular flexibility index (Phi) is 6.15. The second-order valence-corrected chi connectivity index (χ2v) is 9.19. The van der Waals surface area contributed by atoms with Crippen molar-refractivity contribution < 1.29 is 17.7 Å². The molecule has 0 N–H and O–H groups in total. The molecule has 2 heterocycles. The van der Waals surface area contributed by atoms with Crippen molar-refractivity contribution >= 4 is 10.0 Å². The van der Waals surface area contributed by atoms with Gasteiger partial charge in [-0.2, -0.15) is 9.29 Å². The maximum atomic E-state index is 12.8. The molecule has 0 unspecified atom stereocenters. The van der Waals surface area contributed by atoms with Crippen molar-refractivity contribution in [3.8, 4) is 17.1 Å². The standard InChI is InChI=1S/C22H25N3O4S/c1-2-28-19-10-8-18(9-11-19)22-23-21(29-24-22)16-17-6-12-20(13-7-17)30(26,27)25-14-4-3-5-15-25/h6-13H,2-5,14-16H2,1H3. The van der Waals surface area contributed by atoms with Gasteiger partial charge in [0.2, 0.25) is 21.7 Å². The Hall–Kier alpha value is -2.71. The minimum atomic E-state index is -3.42. The van der Waals surface area contributed by atoms with Crippen LogP contribution in [0.5, 0.6) is 5.75 Å². The van der Waals surface area contributed by atoms with Crippen molar-refractivity contribution in [1.82, 2.24) is 14.4 Å². The minimum absolute atomic E-state index is 0.328. The molecule has 0 amide bonds. The first-order valence-electron chi connectivity index (χ1n) is 10.2. The summed E-state index contributed by atoms with van der Waals surface area (Å²) >= 11 is 0. The van der Waals surface area contributed by atoms with E-state index in [1.807, 2.05) is 31.2 Å². The van der Waals surface area contributed by atoms with E-state index in [1.165, 1.54) is 0 Å². The van der Waals surface area contributed by atoms with E-state index in [-0.39, 0.29) is 0 Å². The molecule has 0 bridgehead atoms. The van der Waals surface area contributed by atoms with E-state index in [0.717, 1.165) is 36.1 Å². The SMILES string of the molecule is CCOc1ccc(-c2noc(Cc3ccc(S(=O)(=O)N4CCCCC4)cc3)n2)cc1. The van der Waals surface area contributed by atoms with Crippen LogP contribution in [0.15, 0.2) is 57.9 Å². The summed E-state index contributed by atoms with van der Waals surface area (Å²) in [5.74, 6) is 1.78. The zero-order chi connectivity index (χ0) is 21.0.